The zero-order valence-electron chi connectivity index (χ0n) is 10.6. The third-order valence-corrected chi connectivity index (χ3v) is 2.45. The van der Waals surface area contributed by atoms with Gasteiger partial charge in [-0.05, 0) is 12.3 Å². The number of rotatable bonds is 3. The number of carboxylic acids is 1. The molecule has 5 nitrogen and oxygen atoms in total. The van der Waals surface area contributed by atoms with E-state index in [0.717, 1.165) is 0 Å². The minimum atomic E-state index is -4.96. The van der Waals surface area contributed by atoms with Crippen molar-refractivity contribution in [3.63, 3.8) is 0 Å². The highest BCUT2D eigenvalue weighted by atomic mass is 19.4. The van der Waals surface area contributed by atoms with E-state index < -0.39 is 35.0 Å². The summed E-state index contributed by atoms with van der Waals surface area (Å²) < 4.78 is 37.5. The zero-order valence-corrected chi connectivity index (χ0v) is 10.6. The van der Waals surface area contributed by atoms with E-state index in [2.05, 4.69) is 0 Å². The lowest BCUT2D eigenvalue weighted by molar-refractivity contribution is -0.189. The number of hydrogen-bond donors (Lipinski definition) is 3. The molecule has 0 rings (SSSR count). The summed E-state index contributed by atoms with van der Waals surface area (Å²) in [6.45, 7) is 4.93. The van der Waals surface area contributed by atoms with Gasteiger partial charge in [-0.1, -0.05) is 20.8 Å². The first-order chi connectivity index (χ1) is 7.71. The van der Waals surface area contributed by atoms with Gasteiger partial charge in [0, 0.05) is 0 Å². The lowest BCUT2D eigenvalue weighted by Gasteiger charge is -2.32. The topological polar surface area (TPSA) is 92.4 Å². The van der Waals surface area contributed by atoms with Crippen LogP contribution < -0.4 is 11.1 Å². The van der Waals surface area contributed by atoms with Gasteiger partial charge in [-0.3, -0.25) is 4.79 Å². The van der Waals surface area contributed by atoms with Crippen molar-refractivity contribution in [1.82, 2.24) is 5.32 Å². The van der Waals surface area contributed by atoms with Crippen LogP contribution in [-0.4, -0.2) is 34.7 Å². The first kappa shape index (κ1) is 16.7. The molecule has 0 bridgehead atoms. The molecule has 0 fully saturated rings. The monoisotopic (exact) mass is 270 g/mol. The van der Waals surface area contributed by atoms with Gasteiger partial charge in [-0.25, -0.2) is 4.79 Å². The van der Waals surface area contributed by atoms with Crippen molar-refractivity contribution < 1.29 is 27.9 Å². The zero-order chi connectivity index (χ0) is 14.9. The quantitative estimate of drug-likeness (QED) is 0.710. The van der Waals surface area contributed by atoms with Crippen molar-refractivity contribution in [1.29, 1.82) is 0 Å². The van der Waals surface area contributed by atoms with Crippen molar-refractivity contribution in [2.24, 2.45) is 11.1 Å². The maximum Gasteiger partial charge on any atom is 0.415 e. The predicted octanol–water partition coefficient (Wildman–Crippen LogP) is 0.882. The van der Waals surface area contributed by atoms with E-state index >= 15 is 0 Å². The molecular weight excluding hydrogens is 253 g/mol. The molecule has 0 aromatic rings. The van der Waals surface area contributed by atoms with E-state index in [0.29, 0.717) is 6.92 Å². The van der Waals surface area contributed by atoms with Crippen LogP contribution in [0.5, 0.6) is 0 Å². The number of aliphatic carboxylic acids is 1. The van der Waals surface area contributed by atoms with Crippen molar-refractivity contribution >= 4 is 11.9 Å². The fraction of sp³-hybridized carbons (Fsp3) is 0.800. The summed E-state index contributed by atoms with van der Waals surface area (Å²) in [5.74, 6) is -2.99. The summed E-state index contributed by atoms with van der Waals surface area (Å²) in [6.07, 6.45) is -4.96. The summed E-state index contributed by atoms with van der Waals surface area (Å²) in [5, 5.41) is 10.7. The number of halogens is 3. The summed E-state index contributed by atoms with van der Waals surface area (Å²) >= 11 is 0. The molecule has 4 N–H and O–H groups in total. The summed E-state index contributed by atoms with van der Waals surface area (Å²) in [5.41, 5.74) is 0.825. The van der Waals surface area contributed by atoms with E-state index in [1.54, 1.807) is 0 Å². The van der Waals surface area contributed by atoms with Crippen molar-refractivity contribution in [3.05, 3.63) is 0 Å². The van der Waals surface area contributed by atoms with Gasteiger partial charge < -0.3 is 16.2 Å². The van der Waals surface area contributed by atoms with Crippen LogP contribution in [0.4, 0.5) is 13.2 Å². The number of carbonyl (C=O) groups is 2. The molecule has 0 aromatic heterocycles. The Hall–Kier alpha value is -1.31. The highest BCUT2D eigenvalue weighted by Gasteiger charge is 2.55. The van der Waals surface area contributed by atoms with Crippen LogP contribution in [0.1, 0.15) is 27.7 Å². The molecule has 0 saturated carbocycles. The first-order valence-electron chi connectivity index (χ1n) is 5.10. The molecule has 106 valence electrons. The van der Waals surface area contributed by atoms with Crippen LogP contribution in [0.25, 0.3) is 0 Å². The van der Waals surface area contributed by atoms with Gasteiger partial charge >= 0.3 is 12.1 Å². The Bertz CT molecular complexity index is 345. The van der Waals surface area contributed by atoms with Crippen LogP contribution in [0.2, 0.25) is 0 Å². The molecule has 18 heavy (non-hydrogen) atoms. The van der Waals surface area contributed by atoms with Crippen molar-refractivity contribution in [2.75, 3.05) is 0 Å². The lowest BCUT2D eigenvalue weighted by Crippen LogP contribution is -2.64. The second-order valence-electron chi connectivity index (χ2n) is 5.31. The van der Waals surface area contributed by atoms with Crippen molar-refractivity contribution in [3.8, 4) is 0 Å². The second-order valence-corrected chi connectivity index (χ2v) is 5.31. The number of nitrogens with two attached hydrogens (primary N) is 1. The number of carbonyl (C=O) groups excluding carboxylic acids is 1. The molecule has 8 heteroatoms. The van der Waals surface area contributed by atoms with Gasteiger partial charge in [0.1, 0.15) is 6.04 Å². The Kier molecular flexibility index (Phi) is 4.41. The second kappa shape index (κ2) is 4.75. The Morgan fingerprint density at radius 3 is 1.78 bits per heavy atom. The smallest absolute Gasteiger partial charge is 0.415 e. The molecule has 1 unspecified atom stereocenters. The molecule has 0 radical (unpaired) electrons. The van der Waals surface area contributed by atoms with Crippen LogP contribution >= 0.6 is 0 Å². The molecule has 0 aromatic carbocycles. The molecule has 0 aliphatic carbocycles. The lowest BCUT2D eigenvalue weighted by atomic mass is 9.86. The SMILES string of the molecule is CC(C)(C)[C@H](NC(=O)C(C)(N)C(F)(F)F)C(=O)O. The van der Waals surface area contributed by atoms with E-state index in [4.69, 9.17) is 10.8 Å². The van der Waals surface area contributed by atoms with Crippen molar-refractivity contribution in [2.45, 2.75) is 45.5 Å². The molecular formula is C10H17F3N2O3. The molecule has 0 aliphatic heterocycles. The fourth-order valence-corrected chi connectivity index (χ4v) is 1.06. The van der Waals surface area contributed by atoms with Gasteiger partial charge in [-0.2, -0.15) is 13.2 Å². The highest BCUT2D eigenvalue weighted by Crippen LogP contribution is 2.29. The summed E-state index contributed by atoms with van der Waals surface area (Å²) in [7, 11) is 0. The van der Waals surface area contributed by atoms with Crippen LogP contribution in [0.15, 0.2) is 0 Å². The molecule has 0 aliphatic rings. The average Bonchev–Trinajstić information content (AvgIpc) is 2.08. The normalized spacial score (nSPS) is 17.8. The minimum Gasteiger partial charge on any atom is -0.480 e. The maximum atomic E-state index is 12.5. The van der Waals surface area contributed by atoms with Gasteiger partial charge in [0.05, 0.1) is 0 Å². The third-order valence-electron chi connectivity index (χ3n) is 2.45. The minimum absolute atomic E-state index is 0.490. The van der Waals surface area contributed by atoms with Gasteiger partial charge in [0.15, 0.2) is 5.54 Å². The van der Waals surface area contributed by atoms with Gasteiger partial charge in [0.2, 0.25) is 5.91 Å². The fourth-order valence-electron chi connectivity index (χ4n) is 1.06. The largest absolute Gasteiger partial charge is 0.480 e. The standard InChI is InChI=1S/C10H17F3N2O3/c1-8(2,3)5(6(16)17)15-7(18)9(4,14)10(11,12)13/h5H,14H2,1-4H3,(H,15,18)(H,16,17)/t5-,9?/m1/s1. The molecule has 0 saturated heterocycles. The number of hydrogen-bond acceptors (Lipinski definition) is 3. The Balaban J connectivity index is 5.11. The van der Waals surface area contributed by atoms with E-state index in [-0.39, 0.29) is 0 Å². The predicted molar refractivity (Wildman–Crippen MR) is 57.7 cm³/mol. The Morgan fingerprint density at radius 1 is 1.17 bits per heavy atom. The number of nitrogens with one attached hydrogen (secondary N) is 1. The first-order valence-corrected chi connectivity index (χ1v) is 5.10. The molecule has 2 atom stereocenters. The van der Waals surface area contributed by atoms with E-state index in [1.807, 2.05) is 5.32 Å². The van der Waals surface area contributed by atoms with Crippen LogP contribution in [-0.2, 0) is 9.59 Å². The number of carboxylic acid groups (broad SMARTS) is 1. The molecule has 0 spiro atoms. The van der Waals surface area contributed by atoms with E-state index in [9.17, 15) is 22.8 Å². The molecule has 0 heterocycles. The summed E-state index contributed by atoms with van der Waals surface area (Å²) in [6, 6.07) is -1.46. The van der Waals surface area contributed by atoms with Crippen LogP contribution in [0, 0.1) is 5.41 Å². The maximum absolute atomic E-state index is 12.5. The van der Waals surface area contributed by atoms with Gasteiger partial charge in [0.25, 0.3) is 0 Å². The third kappa shape index (κ3) is 3.59. The Morgan fingerprint density at radius 2 is 1.56 bits per heavy atom. The molecule has 1 amide bonds. The van der Waals surface area contributed by atoms with Gasteiger partial charge in [-0.15, -0.1) is 0 Å². The number of amides is 1. The number of alkyl halides is 3. The van der Waals surface area contributed by atoms with Crippen LogP contribution in [0.3, 0.4) is 0 Å². The summed E-state index contributed by atoms with van der Waals surface area (Å²) in [4.78, 5) is 22.4. The van der Waals surface area contributed by atoms with E-state index in [1.165, 1.54) is 20.8 Å². The highest BCUT2D eigenvalue weighted by molar-refractivity contribution is 5.90. The average molecular weight is 270 g/mol. The Labute approximate surface area is 103 Å².